The van der Waals surface area contributed by atoms with Crippen LogP contribution in [0.1, 0.15) is 0 Å². The number of rotatable bonds is 5. The summed E-state index contributed by atoms with van der Waals surface area (Å²) in [6.45, 7) is -3.15. The molecule has 1 aliphatic heterocycles. The highest BCUT2D eigenvalue weighted by Crippen LogP contribution is 2.35. The maximum atomic E-state index is 12.3. The number of alkyl halides is 2. The molecule has 0 radical (unpaired) electrons. The van der Waals surface area contributed by atoms with Crippen LogP contribution in [0.4, 0.5) is 14.5 Å². The third-order valence-electron chi connectivity index (χ3n) is 3.27. The van der Waals surface area contributed by atoms with E-state index in [1.807, 2.05) is 0 Å². The summed E-state index contributed by atoms with van der Waals surface area (Å²) in [7, 11) is 2.35. The molecule has 0 aromatic heterocycles. The van der Waals surface area contributed by atoms with Crippen molar-refractivity contribution in [3.05, 3.63) is 33.9 Å². The maximum absolute atomic E-state index is 12.3. The van der Waals surface area contributed by atoms with Gasteiger partial charge in [0, 0.05) is 4.47 Å². The average molecular weight is 422 g/mol. The van der Waals surface area contributed by atoms with E-state index in [-0.39, 0.29) is 30.4 Å². The van der Waals surface area contributed by atoms with Crippen molar-refractivity contribution in [2.24, 2.45) is 0 Å². The lowest BCUT2D eigenvalue weighted by Gasteiger charge is -2.32. The number of anilines is 1. The molecule has 1 aromatic rings. The van der Waals surface area contributed by atoms with E-state index in [4.69, 9.17) is 9.47 Å². The molecule has 10 heteroatoms. The van der Waals surface area contributed by atoms with E-state index in [1.165, 1.54) is 37.3 Å². The summed E-state index contributed by atoms with van der Waals surface area (Å²) in [6.07, 6.45) is 0. The Labute approximate surface area is 150 Å². The Kier molecular flexibility index (Phi) is 6.32. The summed E-state index contributed by atoms with van der Waals surface area (Å²) < 4.78 is 44.0. The van der Waals surface area contributed by atoms with Crippen molar-refractivity contribution in [2.45, 2.75) is 6.61 Å². The van der Waals surface area contributed by atoms with Crippen molar-refractivity contribution in [3.63, 3.8) is 0 Å². The molecule has 1 aromatic carbocycles. The predicted molar refractivity (Wildman–Crippen MR) is 85.1 cm³/mol. The fourth-order valence-corrected chi connectivity index (χ4v) is 2.79. The molecule has 0 amide bonds. The summed E-state index contributed by atoms with van der Waals surface area (Å²) in [6, 6.07) is 4.05. The van der Waals surface area contributed by atoms with E-state index in [2.05, 4.69) is 25.4 Å². The van der Waals surface area contributed by atoms with Crippen molar-refractivity contribution in [1.29, 1.82) is 0 Å². The molecule has 1 aliphatic rings. The van der Waals surface area contributed by atoms with Gasteiger partial charge in [-0.2, -0.15) is 8.78 Å². The zero-order valence-electron chi connectivity index (χ0n) is 13.3. The standard InChI is InChI=1S/C15H14BrF2NO6/c1-22-13(20)9-6-24-7-19(12(9)14(21)23-2)11-4-3-8(5-10(11)16)25-15(17)18/h3-5,15H,6-7H2,1-2H3. The number of halogens is 3. The molecule has 0 saturated carbocycles. The number of methoxy groups -OCH3 is 2. The van der Waals surface area contributed by atoms with Gasteiger partial charge in [-0.15, -0.1) is 0 Å². The van der Waals surface area contributed by atoms with Crippen LogP contribution >= 0.6 is 15.9 Å². The zero-order chi connectivity index (χ0) is 18.6. The van der Waals surface area contributed by atoms with Crippen LogP contribution in [0.5, 0.6) is 5.75 Å². The number of hydrogen-bond acceptors (Lipinski definition) is 7. The van der Waals surface area contributed by atoms with Gasteiger partial charge in [0.05, 0.1) is 32.1 Å². The molecule has 0 aliphatic carbocycles. The number of carbonyl (C=O) groups is 2. The number of hydrogen-bond donors (Lipinski definition) is 0. The van der Waals surface area contributed by atoms with Gasteiger partial charge in [0.2, 0.25) is 0 Å². The van der Waals surface area contributed by atoms with Crippen LogP contribution in [0.15, 0.2) is 33.9 Å². The molecule has 0 bridgehead atoms. The van der Waals surface area contributed by atoms with Crippen LogP contribution in [0.25, 0.3) is 0 Å². The van der Waals surface area contributed by atoms with Gasteiger partial charge in [-0.05, 0) is 34.1 Å². The van der Waals surface area contributed by atoms with Crippen LogP contribution in [-0.2, 0) is 23.8 Å². The SMILES string of the molecule is COC(=O)C1=C(C(=O)OC)N(c2ccc(OC(F)F)cc2Br)COC1. The van der Waals surface area contributed by atoms with Crippen LogP contribution < -0.4 is 9.64 Å². The van der Waals surface area contributed by atoms with Gasteiger partial charge < -0.3 is 23.8 Å². The number of ether oxygens (including phenoxy) is 4. The molecular weight excluding hydrogens is 408 g/mol. The number of benzene rings is 1. The van der Waals surface area contributed by atoms with Crippen LogP contribution in [0, 0.1) is 0 Å². The van der Waals surface area contributed by atoms with Crippen LogP contribution in [0.3, 0.4) is 0 Å². The maximum Gasteiger partial charge on any atom is 0.387 e. The van der Waals surface area contributed by atoms with Crippen molar-refractivity contribution in [3.8, 4) is 5.75 Å². The van der Waals surface area contributed by atoms with E-state index in [0.717, 1.165) is 0 Å². The van der Waals surface area contributed by atoms with Crippen molar-refractivity contribution in [1.82, 2.24) is 0 Å². The van der Waals surface area contributed by atoms with E-state index in [1.54, 1.807) is 0 Å². The van der Waals surface area contributed by atoms with Crippen molar-refractivity contribution in [2.75, 3.05) is 32.5 Å². The highest BCUT2D eigenvalue weighted by Gasteiger charge is 2.33. The normalized spacial score (nSPS) is 14.6. The lowest BCUT2D eigenvalue weighted by atomic mass is 10.1. The Bertz CT molecular complexity index is 709. The number of carbonyl (C=O) groups excluding carboxylic acids is 2. The number of nitrogens with zero attached hydrogens (tertiary/aromatic N) is 1. The Balaban J connectivity index is 2.48. The molecule has 25 heavy (non-hydrogen) atoms. The highest BCUT2D eigenvalue weighted by molar-refractivity contribution is 9.10. The van der Waals surface area contributed by atoms with Crippen molar-refractivity contribution >= 4 is 33.6 Å². The molecule has 0 saturated heterocycles. The quantitative estimate of drug-likeness (QED) is 0.675. The van der Waals surface area contributed by atoms with Gasteiger partial charge in [-0.25, -0.2) is 9.59 Å². The molecule has 0 N–H and O–H groups in total. The fourth-order valence-electron chi connectivity index (χ4n) is 2.22. The molecular formula is C15H14BrF2NO6. The fraction of sp³-hybridized carbons (Fsp3) is 0.333. The Morgan fingerprint density at radius 3 is 2.48 bits per heavy atom. The minimum Gasteiger partial charge on any atom is -0.466 e. The Morgan fingerprint density at radius 1 is 1.24 bits per heavy atom. The minimum atomic E-state index is -2.97. The largest absolute Gasteiger partial charge is 0.466 e. The van der Waals surface area contributed by atoms with Gasteiger partial charge in [0.25, 0.3) is 0 Å². The van der Waals surface area contributed by atoms with Gasteiger partial charge in [-0.3, -0.25) is 0 Å². The van der Waals surface area contributed by atoms with E-state index in [9.17, 15) is 18.4 Å². The monoisotopic (exact) mass is 421 g/mol. The zero-order valence-corrected chi connectivity index (χ0v) is 14.8. The topological polar surface area (TPSA) is 74.3 Å². The summed E-state index contributed by atoms with van der Waals surface area (Å²) in [5.74, 6) is -1.57. The van der Waals surface area contributed by atoms with E-state index in [0.29, 0.717) is 10.2 Å². The molecule has 136 valence electrons. The summed E-state index contributed by atoms with van der Waals surface area (Å²) in [5.41, 5.74) is 0.326. The first kappa shape index (κ1) is 19.1. The van der Waals surface area contributed by atoms with E-state index < -0.39 is 18.6 Å². The molecule has 2 rings (SSSR count). The van der Waals surface area contributed by atoms with Crippen LogP contribution in [-0.4, -0.2) is 46.1 Å². The van der Waals surface area contributed by atoms with Gasteiger partial charge >= 0.3 is 18.6 Å². The summed E-state index contributed by atoms with van der Waals surface area (Å²) in [4.78, 5) is 25.5. The second kappa shape index (κ2) is 8.26. The van der Waals surface area contributed by atoms with Gasteiger partial charge in [0.15, 0.2) is 0 Å². The molecule has 0 fully saturated rings. The van der Waals surface area contributed by atoms with Crippen molar-refractivity contribution < 1.29 is 37.3 Å². The molecule has 7 nitrogen and oxygen atoms in total. The highest BCUT2D eigenvalue weighted by atomic mass is 79.9. The molecule has 0 unspecified atom stereocenters. The summed E-state index contributed by atoms with van der Waals surface area (Å²) in [5, 5.41) is 0. The first-order valence-electron chi connectivity index (χ1n) is 6.88. The third-order valence-corrected chi connectivity index (χ3v) is 3.90. The van der Waals surface area contributed by atoms with Gasteiger partial charge in [0.1, 0.15) is 18.2 Å². The first-order valence-corrected chi connectivity index (χ1v) is 7.67. The second-order valence-corrected chi connectivity index (χ2v) is 5.56. The second-order valence-electron chi connectivity index (χ2n) is 4.71. The Hall–Kier alpha value is -2.20. The smallest absolute Gasteiger partial charge is 0.387 e. The number of esters is 2. The van der Waals surface area contributed by atoms with Gasteiger partial charge in [-0.1, -0.05) is 0 Å². The molecule has 1 heterocycles. The predicted octanol–water partition coefficient (Wildman–Crippen LogP) is 2.44. The minimum absolute atomic E-state index is 0.0135. The molecule has 0 atom stereocenters. The summed E-state index contributed by atoms with van der Waals surface area (Å²) >= 11 is 3.23. The Morgan fingerprint density at radius 2 is 1.92 bits per heavy atom. The van der Waals surface area contributed by atoms with Crippen LogP contribution in [0.2, 0.25) is 0 Å². The molecule has 0 spiro atoms. The van der Waals surface area contributed by atoms with E-state index >= 15 is 0 Å². The average Bonchev–Trinajstić information content (AvgIpc) is 2.59. The first-order chi connectivity index (χ1) is 11.9. The lowest BCUT2D eigenvalue weighted by molar-refractivity contribution is -0.140. The third kappa shape index (κ3) is 4.26. The lowest BCUT2D eigenvalue weighted by Crippen LogP contribution is -2.39.